The molecule has 1 fully saturated rings. The van der Waals surface area contributed by atoms with Crippen LogP contribution in [0.2, 0.25) is 0 Å². The number of ether oxygens (including phenoxy) is 1. The maximum absolute atomic E-state index is 10.7. The van der Waals surface area contributed by atoms with Gasteiger partial charge in [-0.3, -0.25) is 0 Å². The number of hydrogen-bond acceptors (Lipinski definition) is 3. The zero-order valence-electron chi connectivity index (χ0n) is 16.5. The first-order valence-corrected chi connectivity index (χ1v) is 10.5. The smallest absolute Gasteiger partial charge is 0.120 e. The van der Waals surface area contributed by atoms with Crippen LogP contribution in [0, 0.1) is 0 Å². The largest absolute Gasteiger partial charge is 0.491 e. The molecule has 0 bridgehead atoms. The first kappa shape index (κ1) is 18.2. The molecule has 148 valence electrons. The lowest BCUT2D eigenvalue weighted by molar-refractivity contribution is 0.0925. The number of benzene rings is 3. The second-order valence-electron chi connectivity index (χ2n) is 8.02. The summed E-state index contributed by atoms with van der Waals surface area (Å²) in [6.45, 7) is 0.759. The van der Waals surface area contributed by atoms with E-state index >= 15 is 0 Å². The molecule has 4 nitrogen and oxygen atoms in total. The van der Waals surface area contributed by atoms with Crippen molar-refractivity contribution < 1.29 is 9.84 Å². The second-order valence-corrected chi connectivity index (χ2v) is 8.02. The minimum absolute atomic E-state index is 0.259. The van der Waals surface area contributed by atoms with Crippen molar-refractivity contribution in [2.75, 3.05) is 6.61 Å². The first-order valence-electron chi connectivity index (χ1n) is 10.5. The summed E-state index contributed by atoms with van der Waals surface area (Å²) in [5, 5.41) is 13.1. The number of imidazole rings is 1. The van der Waals surface area contributed by atoms with E-state index in [1.165, 1.54) is 31.1 Å². The van der Waals surface area contributed by atoms with Gasteiger partial charge in [0.2, 0.25) is 0 Å². The van der Waals surface area contributed by atoms with Crippen LogP contribution in [-0.4, -0.2) is 27.4 Å². The molecule has 0 spiro atoms. The van der Waals surface area contributed by atoms with Gasteiger partial charge in [0.15, 0.2) is 0 Å². The van der Waals surface area contributed by atoms with Crippen molar-refractivity contribution in [3.8, 4) is 5.75 Å². The molecule has 0 radical (unpaired) electrons. The number of aromatic nitrogens is 2. The van der Waals surface area contributed by atoms with E-state index in [2.05, 4.69) is 34.9 Å². The lowest BCUT2D eigenvalue weighted by atomic mass is 10.1. The van der Waals surface area contributed by atoms with Crippen molar-refractivity contribution >= 4 is 21.8 Å². The molecule has 0 aliphatic heterocycles. The summed E-state index contributed by atoms with van der Waals surface area (Å²) in [7, 11) is 0. The number of hydrogen-bond donors (Lipinski definition) is 1. The Balaban J connectivity index is 1.33. The van der Waals surface area contributed by atoms with Crippen molar-refractivity contribution in [3.05, 3.63) is 72.6 Å². The van der Waals surface area contributed by atoms with Crippen LogP contribution in [0.5, 0.6) is 5.75 Å². The molecule has 4 heteroatoms. The Bertz CT molecular complexity index is 1130. The van der Waals surface area contributed by atoms with Crippen LogP contribution in [0.4, 0.5) is 0 Å². The third kappa shape index (κ3) is 3.73. The highest BCUT2D eigenvalue weighted by Crippen LogP contribution is 2.35. The maximum atomic E-state index is 10.7. The Kier molecular flexibility index (Phi) is 4.94. The molecule has 1 unspecified atom stereocenters. The molecule has 0 saturated heterocycles. The van der Waals surface area contributed by atoms with E-state index in [1.54, 1.807) is 0 Å². The molecule has 1 aromatic heterocycles. The summed E-state index contributed by atoms with van der Waals surface area (Å²) in [6, 6.07) is 22.5. The van der Waals surface area contributed by atoms with Crippen LogP contribution in [-0.2, 0) is 6.54 Å². The molecular formula is C25H26N2O2. The van der Waals surface area contributed by atoms with Gasteiger partial charge in [0.1, 0.15) is 24.3 Å². The van der Waals surface area contributed by atoms with Crippen molar-refractivity contribution in [3.63, 3.8) is 0 Å². The lowest BCUT2D eigenvalue weighted by Gasteiger charge is -2.18. The number of nitrogens with zero attached hydrogens (tertiary/aromatic N) is 2. The molecule has 0 amide bonds. The van der Waals surface area contributed by atoms with Gasteiger partial charge in [-0.05, 0) is 47.9 Å². The summed E-state index contributed by atoms with van der Waals surface area (Å²) in [5.41, 5.74) is 2.11. The predicted octanol–water partition coefficient (Wildman–Crippen LogP) is 5.29. The van der Waals surface area contributed by atoms with Crippen molar-refractivity contribution in [2.45, 2.75) is 44.2 Å². The van der Waals surface area contributed by atoms with Gasteiger partial charge in [0, 0.05) is 5.92 Å². The summed E-state index contributed by atoms with van der Waals surface area (Å²) in [6.07, 6.45) is 4.31. The predicted molar refractivity (Wildman–Crippen MR) is 116 cm³/mol. The Morgan fingerprint density at radius 2 is 1.72 bits per heavy atom. The summed E-state index contributed by atoms with van der Waals surface area (Å²) < 4.78 is 8.13. The maximum Gasteiger partial charge on any atom is 0.120 e. The van der Waals surface area contributed by atoms with Crippen LogP contribution in [0.3, 0.4) is 0 Å². The standard InChI is InChI=1S/C25H26N2O2/c28-21(17-29-22-14-13-18-7-1-4-10-20(18)15-22)16-27-24-12-6-5-11-23(24)26-25(27)19-8-2-3-9-19/h1,4-7,10-15,19,21,28H,2-3,8-9,16-17H2. The fourth-order valence-corrected chi connectivity index (χ4v) is 4.49. The van der Waals surface area contributed by atoms with Crippen LogP contribution >= 0.6 is 0 Å². The Morgan fingerprint density at radius 3 is 2.59 bits per heavy atom. The molecule has 1 N–H and O–H groups in total. The van der Waals surface area contributed by atoms with Crippen LogP contribution in [0.15, 0.2) is 66.7 Å². The van der Waals surface area contributed by atoms with Gasteiger partial charge in [-0.1, -0.05) is 55.3 Å². The monoisotopic (exact) mass is 386 g/mol. The van der Waals surface area contributed by atoms with Gasteiger partial charge in [-0.25, -0.2) is 4.98 Å². The minimum Gasteiger partial charge on any atom is -0.491 e. The van der Waals surface area contributed by atoms with Crippen molar-refractivity contribution in [1.29, 1.82) is 0 Å². The average molecular weight is 386 g/mol. The molecule has 1 saturated carbocycles. The van der Waals surface area contributed by atoms with Gasteiger partial charge >= 0.3 is 0 Å². The Labute approximate surface area is 170 Å². The zero-order chi connectivity index (χ0) is 19.6. The van der Waals surface area contributed by atoms with E-state index in [4.69, 9.17) is 9.72 Å². The van der Waals surface area contributed by atoms with Gasteiger partial charge in [0.05, 0.1) is 17.6 Å². The lowest BCUT2D eigenvalue weighted by Crippen LogP contribution is -2.25. The van der Waals surface area contributed by atoms with Gasteiger partial charge in [-0.2, -0.15) is 0 Å². The fourth-order valence-electron chi connectivity index (χ4n) is 4.49. The summed E-state index contributed by atoms with van der Waals surface area (Å²) >= 11 is 0. The number of aliphatic hydroxyl groups is 1. The minimum atomic E-state index is -0.598. The number of fused-ring (bicyclic) bond motifs is 2. The number of para-hydroxylation sites is 2. The van der Waals surface area contributed by atoms with Crippen molar-refractivity contribution in [2.24, 2.45) is 0 Å². The van der Waals surface area contributed by atoms with E-state index in [0.717, 1.165) is 28.0 Å². The first-order chi connectivity index (χ1) is 14.3. The zero-order valence-corrected chi connectivity index (χ0v) is 16.5. The molecule has 1 atom stereocenters. The molecule has 1 aliphatic carbocycles. The van der Waals surface area contributed by atoms with Crippen LogP contribution in [0.25, 0.3) is 21.8 Å². The third-order valence-corrected chi connectivity index (χ3v) is 5.96. The molecular weight excluding hydrogens is 360 g/mol. The Hall–Kier alpha value is -2.85. The highest BCUT2D eigenvalue weighted by Gasteiger charge is 2.24. The third-order valence-electron chi connectivity index (χ3n) is 5.96. The molecule has 1 heterocycles. The average Bonchev–Trinajstić information content (AvgIpc) is 3.40. The number of rotatable bonds is 6. The normalized spacial score (nSPS) is 15.9. The number of aliphatic hydroxyl groups excluding tert-OH is 1. The van der Waals surface area contributed by atoms with Crippen molar-refractivity contribution in [1.82, 2.24) is 9.55 Å². The highest BCUT2D eigenvalue weighted by atomic mass is 16.5. The fraction of sp³-hybridized carbons (Fsp3) is 0.320. The van der Waals surface area contributed by atoms with Gasteiger partial charge in [-0.15, -0.1) is 0 Å². The van der Waals surface area contributed by atoms with E-state index in [1.807, 2.05) is 36.4 Å². The molecule has 5 rings (SSSR count). The second kappa shape index (κ2) is 7.88. The molecule has 29 heavy (non-hydrogen) atoms. The van der Waals surface area contributed by atoms with E-state index in [-0.39, 0.29) is 6.61 Å². The van der Waals surface area contributed by atoms with Crippen LogP contribution in [0.1, 0.15) is 37.4 Å². The summed E-state index contributed by atoms with van der Waals surface area (Å²) in [5.74, 6) is 2.40. The van der Waals surface area contributed by atoms with Gasteiger partial charge in [0.25, 0.3) is 0 Å². The molecule has 4 aromatic rings. The Morgan fingerprint density at radius 1 is 0.966 bits per heavy atom. The van der Waals surface area contributed by atoms with Gasteiger partial charge < -0.3 is 14.4 Å². The van der Waals surface area contributed by atoms with E-state index in [9.17, 15) is 5.11 Å². The highest BCUT2D eigenvalue weighted by molar-refractivity contribution is 5.83. The SMILES string of the molecule is OC(COc1ccc2ccccc2c1)Cn1c(C2CCCC2)nc2ccccc21. The van der Waals surface area contributed by atoms with Crippen LogP contribution < -0.4 is 4.74 Å². The summed E-state index contributed by atoms with van der Waals surface area (Å²) in [4.78, 5) is 4.91. The molecule has 3 aromatic carbocycles. The van der Waals surface area contributed by atoms with E-state index in [0.29, 0.717) is 12.5 Å². The quantitative estimate of drug-likeness (QED) is 0.490. The molecule has 1 aliphatic rings. The van der Waals surface area contributed by atoms with E-state index < -0.39 is 6.10 Å². The topological polar surface area (TPSA) is 47.3 Å².